The molecule has 0 radical (unpaired) electrons. The minimum absolute atomic E-state index is 0.0539. The van der Waals surface area contributed by atoms with Gasteiger partial charge < -0.3 is 14.6 Å². The van der Waals surface area contributed by atoms with Gasteiger partial charge in [-0.1, -0.05) is 12.1 Å². The number of nitrogens with zero attached hydrogens (tertiary/aromatic N) is 2. The minimum atomic E-state index is -0.728. The molecule has 29 heavy (non-hydrogen) atoms. The molecule has 0 aliphatic rings. The molecule has 2 aromatic carbocycles. The number of rotatable bonds is 9. The van der Waals surface area contributed by atoms with Crippen molar-refractivity contribution in [3.63, 3.8) is 0 Å². The van der Waals surface area contributed by atoms with Crippen LogP contribution in [0, 0.1) is 17.0 Å². The first-order chi connectivity index (χ1) is 13.8. The Kier molecular flexibility index (Phi) is 7.53. The average molecular weight is 401 g/mol. The van der Waals surface area contributed by atoms with Gasteiger partial charge in [0.25, 0.3) is 0 Å². The fraction of sp³-hybridized carbons (Fsp3) is 0.300. The van der Waals surface area contributed by atoms with Crippen LogP contribution in [0.3, 0.4) is 0 Å². The Bertz CT molecular complexity index is 927. The van der Waals surface area contributed by atoms with Gasteiger partial charge in [-0.3, -0.25) is 14.9 Å². The second-order valence-corrected chi connectivity index (χ2v) is 6.30. The molecule has 9 nitrogen and oxygen atoms in total. The number of carbonyl (C=O) groups is 1. The number of nitro benzene ring substituents is 1. The molecular formula is C20H23N3O6. The van der Waals surface area contributed by atoms with Crippen LogP contribution < -0.4 is 14.9 Å². The standard InChI is InChI=1S/C20H23N3O6/c1-13-9-14(7-8-17(13)28-2)5-4-6-19(24)22-21-12-15-10-16(23(26)27)20(25)18(11-15)29-3/h7-12,25H,4-6H2,1-3H3,(H,22,24)/b21-12+. The average Bonchev–Trinajstić information content (AvgIpc) is 2.69. The second-order valence-electron chi connectivity index (χ2n) is 6.30. The van der Waals surface area contributed by atoms with Gasteiger partial charge in [0.05, 0.1) is 25.4 Å². The number of nitro groups is 1. The van der Waals surface area contributed by atoms with E-state index in [9.17, 15) is 20.0 Å². The fourth-order valence-electron chi connectivity index (χ4n) is 2.77. The summed E-state index contributed by atoms with van der Waals surface area (Å²) in [5, 5.41) is 24.5. The number of benzene rings is 2. The molecule has 0 aliphatic carbocycles. The fourth-order valence-corrected chi connectivity index (χ4v) is 2.77. The Hall–Kier alpha value is -3.62. The summed E-state index contributed by atoms with van der Waals surface area (Å²) < 4.78 is 10.1. The maximum absolute atomic E-state index is 11.9. The van der Waals surface area contributed by atoms with E-state index in [-0.39, 0.29) is 18.1 Å². The number of aromatic hydroxyl groups is 1. The van der Waals surface area contributed by atoms with Crippen molar-refractivity contribution in [3.8, 4) is 17.2 Å². The van der Waals surface area contributed by atoms with E-state index in [2.05, 4.69) is 10.5 Å². The summed E-state index contributed by atoms with van der Waals surface area (Å²) in [5.74, 6) is -0.0622. The molecule has 0 fully saturated rings. The van der Waals surface area contributed by atoms with E-state index < -0.39 is 16.4 Å². The Balaban J connectivity index is 1.89. The van der Waals surface area contributed by atoms with E-state index in [0.717, 1.165) is 29.4 Å². The highest BCUT2D eigenvalue weighted by atomic mass is 16.6. The summed E-state index contributed by atoms with van der Waals surface area (Å²) in [6, 6.07) is 8.41. The SMILES string of the molecule is COc1ccc(CCCC(=O)N/N=C/c2cc(OC)c(O)c([N+](=O)[O-])c2)cc1C. The number of nitrogens with one attached hydrogen (secondary N) is 1. The van der Waals surface area contributed by atoms with Gasteiger partial charge in [0, 0.05) is 18.1 Å². The maximum Gasteiger partial charge on any atom is 0.315 e. The molecule has 0 spiro atoms. The van der Waals surface area contributed by atoms with Crippen LogP contribution in [0.1, 0.15) is 29.5 Å². The first-order valence-electron chi connectivity index (χ1n) is 8.86. The summed E-state index contributed by atoms with van der Waals surface area (Å²) in [6.45, 7) is 1.96. The molecule has 0 atom stereocenters. The summed E-state index contributed by atoms with van der Waals surface area (Å²) >= 11 is 0. The minimum Gasteiger partial charge on any atom is -0.500 e. The van der Waals surface area contributed by atoms with Gasteiger partial charge in [-0.2, -0.15) is 5.10 Å². The normalized spacial score (nSPS) is 10.7. The lowest BCUT2D eigenvalue weighted by molar-refractivity contribution is -0.386. The first-order valence-corrected chi connectivity index (χ1v) is 8.86. The van der Waals surface area contributed by atoms with E-state index >= 15 is 0 Å². The molecule has 0 saturated carbocycles. The molecule has 2 rings (SSSR count). The van der Waals surface area contributed by atoms with Gasteiger partial charge in [0.15, 0.2) is 5.75 Å². The largest absolute Gasteiger partial charge is 0.500 e. The molecule has 2 aromatic rings. The zero-order chi connectivity index (χ0) is 21.4. The Morgan fingerprint density at radius 3 is 2.59 bits per heavy atom. The van der Waals surface area contributed by atoms with Crippen molar-refractivity contribution in [1.29, 1.82) is 0 Å². The number of methoxy groups -OCH3 is 2. The van der Waals surface area contributed by atoms with Crippen molar-refractivity contribution in [2.45, 2.75) is 26.2 Å². The number of carbonyl (C=O) groups excluding carboxylic acids is 1. The van der Waals surface area contributed by atoms with Crippen molar-refractivity contribution in [2.75, 3.05) is 14.2 Å². The van der Waals surface area contributed by atoms with Crippen molar-refractivity contribution >= 4 is 17.8 Å². The predicted octanol–water partition coefficient (Wildman–Crippen LogP) is 3.10. The zero-order valence-corrected chi connectivity index (χ0v) is 16.5. The van der Waals surface area contributed by atoms with Crippen LogP contribution in [0.5, 0.6) is 17.2 Å². The van der Waals surface area contributed by atoms with Crippen LogP contribution >= 0.6 is 0 Å². The van der Waals surface area contributed by atoms with Crippen LogP contribution in [0.25, 0.3) is 0 Å². The van der Waals surface area contributed by atoms with Gasteiger partial charge in [-0.15, -0.1) is 0 Å². The van der Waals surface area contributed by atoms with Crippen molar-refractivity contribution in [3.05, 3.63) is 57.1 Å². The van der Waals surface area contributed by atoms with Crippen LogP contribution in [0.15, 0.2) is 35.4 Å². The number of aryl methyl sites for hydroxylation is 2. The summed E-state index contributed by atoms with van der Waals surface area (Å²) in [5.41, 5.74) is 4.34. The predicted molar refractivity (Wildman–Crippen MR) is 108 cm³/mol. The molecule has 0 aromatic heterocycles. The molecule has 0 aliphatic heterocycles. The molecule has 0 bridgehead atoms. The third-order valence-electron chi connectivity index (χ3n) is 4.23. The number of phenolic OH excluding ortho intramolecular Hbond substituents is 1. The number of hydrogen-bond donors (Lipinski definition) is 2. The lowest BCUT2D eigenvalue weighted by Crippen LogP contribution is -2.17. The highest BCUT2D eigenvalue weighted by molar-refractivity contribution is 5.84. The third-order valence-corrected chi connectivity index (χ3v) is 4.23. The lowest BCUT2D eigenvalue weighted by Gasteiger charge is -2.07. The van der Waals surface area contributed by atoms with Crippen molar-refractivity contribution in [2.24, 2.45) is 5.10 Å². The molecular weight excluding hydrogens is 378 g/mol. The Morgan fingerprint density at radius 2 is 1.97 bits per heavy atom. The summed E-state index contributed by atoms with van der Waals surface area (Å²) in [7, 11) is 2.91. The monoisotopic (exact) mass is 401 g/mol. The van der Waals surface area contributed by atoms with Gasteiger partial charge >= 0.3 is 5.69 Å². The van der Waals surface area contributed by atoms with Crippen LogP contribution in [-0.2, 0) is 11.2 Å². The number of phenols is 1. The Morgan fingerprint density at radius 1 is 1.24 bits per heavy atom. The highest BCUT2D eigenvalue weighted by Crippen LogP contribution is 2.36. The lowest BCUT2D eigenvalue weighted by atomic mass is 10.1. The first kappa shape index (κ1) is 21.7. The topological polar surface area (TPSA) is 123 Å². The number of amides is 1. The molecule has 2 N–H and O–H groups in total. The van der Waals surface area contributed by atoms with E-state index in [1.54, 1.807) is 7.11 Å². The van der Waals surface area contributed by atoms with Crippen LogP contribution in [-0.4, -0.2) is 36.4 Å². The van der Waals surface area contributed by atoms with Gasteiger partial charge in [-0.05, 0) is 43.0 Å². The van der Waals surface area contributed by atoms with Crippen LogP contribution in [0.2, 0.25) is 0 Å². The summed E-state index contributed by atoms with van der Waals surface area (Å²) in [6.07, 6.45) is 2.91. The number of ether oxygens (including phenoxy) is 2. The number of hydrogen-bond acceptors (Lipinski definition) is 7. The Labute approximate surface area is 168 Å². The smallest absolute Gasteiger partial charge is 0.315 e. The van der Waals surface area contributed by atoms with Crippen LogP contribution in [0.4, 0.5) is 5.69 Å². The number of hydrazone groups is 1. The quantitative estimate of drug-likeness (QED) is 0.378. The zero-order valence-electron chi connectivity index (χ0n) is 16.5. The van der Waals surface area contributed by atoms with Crippen molar-refractivity contribution < 1.29 is 24.3 Å². The van der Waals surface area contributed by atoms with E-state index in [0.29, 0.717) is 12.0 Å². The van der Waals surface area contributed by atoms with Gasteiger partial charge in [0.1, 0.15) is 5.75 Å². The molecule has 1 amide bonds. The highest BCUT2D eigenvalue weighted by Gasteiger charge is 2.19. The van der Waals surface area contributed by atoms with Gasteiger partial charge in [-0.25, -0.2) is 5.43 Å². The van der Waals surface area contributed by atoms with Crippen molar-refractivity contribution in [1.82, 2.24) is 5.43 Å². The molecule has 0 unspecified atom stereocenters. The summed E-state index contributed by atoms with van der Waals surface area (Å²) in [4.78, 5) is 22.2. The molecule has 9 heteroatoms. The molecule has 0 heterocycles. The van der Waals surface area contributed by atoms with E-state index in [4.69, 9.17) is 9.47 Å². The molecule has 154 valence electrons. The maximum atomic E-state index is 11.9. The second kappa shape index (κ2) is 10.1. The molecule has 0 saturated heterocycles. The van der Waals surface area contributed by atoms with E-state index in [1.165, 1.54) is 19.4 Å². The third kappa shape index (κ3) is 5.93. The van der Waals surface area contributed by atoms with Gasteiger partial charge in [0.2, 0.25) is 11.7 Å². The van der Waals surface area contributed by atoms with E-state index in [1.807, 2.05) is 25.1 Å².